The van der Waals surface area contributed by atoms with Crippen LogP contribution in [0.1, 0.15) is 23.8 Å². The van der Waals surface area contributed by atoms with E-state index >= 15 is 0 Å². The minimum Gasteiger partial charge on any atom is -0.493 e. The molecular weight excluding hydrogens is 270 g/mol. The van der Waals surface area contributed by atoms with E-state index in [9.17, 15) is 0 Å². The SMILES string of the molecule is CCCNCc1cccc(OC)c1OCc1cccs1. The van der Waals surface area contributed by atoms with Gasteiger partial charge in [0.1, 0.15) is 6.61 Å². The molecule has 0 fully saturated rings. The molecule has 2 aromatic rings. The third-order valence-electron chi connectivity index (χ3n) is 2.96. The van der Waals surface area contributed by atoms with Crippen molar-refractivity contribution in [2.24, 2.45) is 0 Å². The number of hydrogen-bond donors (Lipinski definition) is 1. The Bertz CT molecular complexity index is 511. The second kappa shape index (κ2) is 7.92. The van der Waals surface area contributed by atoms with Crippen LogP contribution in [0.2, 0.25) is 0 Å². The average molecular weight is 291 g/mol. The lowest BCUT2D eigenvalue weighted by atomic mass is 10.2. The number of rotatable bonds is 8. The van der Waals surface area contributed by atoms with E-state index in [-0.39, 0.29) is 0 Å². The molecule has 1 aromatic carbocycles. The van der Waals surface area contributed by atoms with Gasteiger partial charge < -0.3 is 14.8 Å². The molecule has 1 heterocycles. The fraction of sp³-hybridized carbons (Fsp3) is 0.375. The Labute approximate surface area is 124 Å². The molecule has 2 rings (SSSR count). The fourth-order valence-corrected chi connectivity index (χ4v) is 2.58. The molecule has 20 heavy (non-hydrogen) atoms. The summed E-state index contributed by atoms with van der Waals surface area (Å²) in [7, 11) is 1.68. The van der Waals surface area contributed by atoms with Crippen LogP contribution in [-0.2, 0) is 13.2 Å². The summed E-state index contributed by atoms with van der Waals surface area (Å²) >= 11 is 1.70. The maximum Gasteiger partial charge on any atom is 0.166 e. The normalized spacial score (nSPS) is 10.5. The van der Waals surface area contributed by atoms with Gasteiger partial charge in [-0.3, -0.25) is 0 Å². The van der Waals surface area contributed by atoms with Crippen LogP contribution in [0.15, 0.2) is 35.7 Å². The maximum absolute atomic E-state index is 5.98. The smallest absolute Gasteiger partial charge is 0.166 e. The number of para-hydroxylation sites is 1. The quantitative estimate of drug-likeness (QED) is 0.750. The summed E-state index contributed by atoms with van der Waals surface area (Å²) in [6.45, 7) is 4.54. The molecule has 0 aliphatic rings. The largest absolute Gasteiger partial charge is 0.493 e. The van der Waals surface area contributed by atoms with Gasteiger partial charge in [0.2, 0.25) is 0 Å². The highest BCUT2D eigenvalue weighted by Gasteiger charge is 2.10. The first kappa shape index (κ1) is 14.9. The van der Waals surface area contributed by atoms with E-state index in [2.05, 4.69) is 29.8 Å². The molecule has 1 N–H and O–H groups in total. The van der Waals surface area contributed by atoms with Gasteiger partial charge in [0, 0.05) is 17.0 Å². The van der Waals surface area contributed by atoms with Gasteiger partial charge in [0.05, 0.1) is 7.11 Å². The van der Waals surface area contributed by atoms with Crippen LogP contribution in [0.4, 0.5) is 0 Å². The highest BCUT2D eigenvalue weighted by atomic mass is 32.1. The second-order valence-corrected chi connectivity index (χ2v) is 5.53. The van der Waals surface area contributed by atoms with E-state index in [0.29, 0.717) is 6.61 Å². The Hall–Kier alpha value is -1.52. The molecule has 0 spiro atoms. The van der Waals surface area contributed by atoms with Crippen LogP contribution in [0, 0.1) is 0 Å². The van der Waals surface area contributed by atoms with Crippen molar-refractivity contribution in [1.29, 1.82) is 0 Å². The van der Waals surface area contributed by atoms with Gasteiger partial charge in [0.25, 0.3) is 0 Å². The van der Waals surface area contributed by atoms with Crippen molar-refractivity contribution in [3.63, 3.8) is 0 Å². The van der Waals surface area contributed by atoms with E-state index in [1.165, 1.54) is 4.88 Å². The van der Waals surface area contributed by atoms with Crippen LogP contribution in [-0.4, -0.2) is 13.7 Å². The Kier molecular flexibility index (Phi) is 5.89. The summed E-state index contributed by atoms with van der Waals surface area (Å²) in [4.78, 5) is 1.21. The van der Waals surface area contributed by atoms with Gasteiger partial charge in [0.15, 0.2) is 11.5 Å². The van der Waals surface area contributed by atoms with Crippen molar-refractivity contribution in [1.82, 2.24) is 5.32 Å². The Morgan fingerprint density at radius 2 is 2.10 bits per heavy atom. The van der Waals surface area contributed by atoms with Gasteiger partial charge in [-0.05, 0) is 30.5 Å². The highest BCUT2D eigenvalue weighted by molar-refractivity contribution is 7.09. The van der Waals surface area contributed by atoms with E-state index in [0.717, 1.165) is 36.6 Å². The summed E-state index contributed by atoms with van der Waals surface area (Å²) in [6.07, 6.45) is 1.12. The molecule has 1 aromatic heterocycles. The number of hydrogen-bond acceptors (Lipinski definition) is 4. The molecule has 0 aliphatic carbocycles. The first-order chi connectivity index (χ1) is 9.85. The summed E-state index contributed by atoms with van der Waals surface area (Å²) in [5.41, 5.74) is 1.13. The molecule has 4 heteroatoms. The minimum absolute atomic E-state index is 0.582. The Balaban J connectivity index is 2.10. The highest BCUT2D eigenvalue weighted by Crippen LogP contribution is 2.32. The molecule has 0 atom stereocenters. The van der Waals surface area contributed by atoms with Crippen LogP contribution in [0.3, 0.4) is 0 Å². The van der Waals surface area contributed by atoms with E-state index in [4.69, 9.17) is 9.47 Å². The van der Waals surface area contributed by atoms with Gasteiger partial charge in [-0.15, -0.1) is 11.3 Å². The van der Waals surface area contributed by atoms with Crippen LogP contribution in [0.5, 0.6) is 11.5 Å². The summed E-state index contributed by atoms with van der Waals surface area (Å²) in [5, 5.41) is 5.46. The molecule has 0 amide bonds. The van der Waals surface area contributed by atoms with Crippen molar-refractivity contribution in [3.8, 4) is 11.5 Å². The molecule has 0 bridgehead atoms. The lowest BCUT2D eigenvalue weighted by Crippen LogP contribution is -2.15. The van der Waals surface area contributed by atoms with Crippen LogP contribution in [0.25, 0.3) is 0 Å². The van der Waals surface area contributed by atoms with Gasteiger partial charge in [-0.25, -0.2) is 0 Å². The molecule has 108 valence electrons. The predicted octanol–water partition coefficient (Wildman–Crippen LogP) is 3.84. The Morgan fingerprint density at radius 3 is 2.80 bits per heavy atom. The summed E-state index contributed by atoms with van der Waals surface area (Å²) in [5.74, 6) is 1.63. The van der Waals surface area contributed by atoms with Gasteiger partial charge in [-0.2, -0.15) is 0 Å². The number of nitrogens with one attached hydrogen (secondary N) is 1. The van der Waals surface area contributed by atoms with E-state index in [1.807, 2.05) is 18.2 Å². The lowest BCUT2D eigenvalue weighted by molar-refractivity contribution is 0.283. The monoisotopic (exact) mass is 291 g/mol. The number of ether oxygens (including phenoxy) is 2. The lowest BCUT2D eigenvalue weighted by Gasteiger charge is -2.15. The minimum atomic E-state index is 0.582. The molecular formula is C16H21NO2S. The van der Waals surface area contributed by atoms with Crippen LogP contribution < -0.4 is 14.8 Å². The van der Waals surface area contributed by atoms with Crippen molar-refractivity contribution in [2.75, 3.05) is 13.7 Å². The van der Waals surface area contributed by atoms with Crippen molar-refractivity contribution in [2.45, 2.75) is 26.5 Å². The number of thiophene rings is 1. The maximum atomic E-state index is 5.98. The Morgan fingerprint density at radius 1 is 1.20 bits per heavy atom. The zero-order chi connectivity index (χ0) is 14.2. The molecule has 0 saturated carbocycles. The van der Waals surface area contributed by atoms with Crippen molar-refractivity contribution < 1.29 is 9.47 Å². The van der Waals surface area contributed by atoms with Crippen LogP contribution >= 0.6 is 11.3 Å². The predicted molar refractivity (Wildman–Crippen MR) is 83.6 cm³/mol. The van der Waals surface area contributed by atoms with E-state index in [1.54, 1.807) is 18.4 Å². The molecule has 0 saturated heterocycles. The number of benzene rings is 1. The molecule has 0 aliphatic heterocycles. The average Bonchev–Trinajstić information content (AvgIpc) is 2.99. The van der Waals surface area contributed by atoms with E-state index < -0.39 is 0 Å². The third kappa shape index (κ3) is 3.99. The fourth-order valence-electron chi connectivity index (χ4n) is 1.96. The first-order valence-corrected chi connectivity index (χ1v) is 7.75. The zero-order valence-electron chi connectivity index (χ0n) is 12.0. The molecule has 3 nitrogen and oxygen atoms in total. The zero-order valence-corrected chi connectivity index (χ0v) is 12.8. The second-order valence-electron chi connectivity index (χ2n) is 4.49. The number of methoxy groups -OCH3 is 1. The van der Waals surface area contributed by atoms with Gasteiger partial charge >= 0.3 is 0 Å². The summed E-state index contributed by atoms with van der Waals surface area (Å²) < 4.78 is 11.4. The molecule has 0 radical (unpaired) electrons. The van der Waals surface area contributed by atoms with Crippen molar-refractivity contribution >= 4 is 11.3 Å². The first-order valence-electron chi connectivity index (χ1n) is 6.87. The molecule has 0 unspecified atom stereocenters. The summed E-state index contributed by atoms with van der Waals surface area (Å²) in [6, 6.07) is 10.1. The standard InChI is InChI=1S/C16H21NO2S/c1-3-9-17-11-13-6-4-8-15(18-2)16(13)19-12-14-7-5-10-20-14/h4-8,10,17H,3,9,11-12H2,1-2H3. The van der Waals surface area contributed by atoms with Gasteiger partial charge in [-0.1, -0.05) is 25.1 Å². The third-order valence-corrected chi connectivity index (χ3v) is 3.81. The topological polar surface area (TPSA) is 30.5 Å². The van der Waals surface area contributed by atoms with Crippen molar-refractivity contribution in [3.05, 3.63) is 46.2 Å².